The molecule has 1 aliphatic heterocycles. The van der Waals surface area contributed by atoms with Crippen LogP contribution in [0.4, 0.5) is 22.7 Å². The maximum Gasteiger partial charge on any atom is 0.248 e. The minimum absolute atomic E-state index is 0.111. The van der Waals surface area contributed by atoms with Gasteiger partial charge in [-0.2, -0.15) is 10.1 Å². The number of H-pyrrole nitrogens is 1. The van der Waals surface area contributed by atoms with Crippen molar-refractivity contribution in [1.82, 2.24) is 25.1 Å². The van der Waals surface area contributed by atoms with Crippen LogP contribution in [0.5, 0.6) is 0 Å². The minimum atomic E-state index is -0.629. The highest BCUT2D eigenvalue weighted by molar-refractivity contribution is 7.13. The summed E-state index contributed by atoms with van der Waals surface area (Å²) in [6.07, 6.45) is 8.86. The summed E-state index contributed by atoms with van der Waals surface area (Å²) >= 11 is 1.39. The first-order valence-electron chi connectivity index (χ1n) is 12.0. The van der Waals surface area contributed by atoms with Gasteiger partial charge in [0.15, 0.2) is 10.9 Å². The molecule has 3 aromatic rings. The summed E-state index contributed by atoms with van der Waals surface area (Å²) in [5.41, 5.74) is 2.72. The van der Waals surface area contributed by atoms with Crippen LogP contribution < -0.4 is 15.5 Å². The van der Waals surface area contributed by atoms with E-state index in [2.05, 4.69) is 31.9 Å². The molecule has 1 saturated carbocycles. The van der Waals surface area contributed by atoms with Crippen LogP contribution in [-0.4, -0.2) is 48.7 Å². The van der Waals surface area contributed by atoms with E-state index in [1.807, 2.05) is 10.3 Å². The second-order valence-corrected chi connectivity index (χ2v) is 10.2. The number of carbonyl (C=O) groups is 1. The number of aromatic amines is 1. The van der Waals surface area contributed by atoms with Crippen molar-refractivity contribution in [1.29, 1.82) is 0 Å². The highest BCUT2D eigenvalue weighted by atomic mass is 32.1. The Labute approximate surface area is 201 Å². The maximum absolute atomic E-state index is 13.0. The molecule has 2 atom stereocenters. The molecule has 3 aliphatic rings. The van der Waals surface area contributed by atoms with E-state index >= 15 is 0 Å². The molecule has 1 saturated heterocycles. The number of amides is 1. The zero-order valence-electron chi connectivity index (χ0n) is 18.8. The van der Waals surface area contributed by atoms with Gasteiger partial charge in [0.2, 0.25) is 11.9 Å². The topological polar surface area (TPSA) is 132 Å². The van der Waals surface area contributed by atoms with Crippen LogP contribution in [0.1, 0.15) is 73.9 Å². The average Bonchev–Trinajstić information content (AvgIpc) is 3.65. The van der Waals surface area contributed by atoms with E-state index in [0.717, 1.165) is 23.5 Å². The first-order chi connectivity index (χ1) is 16.7. The molecule has 11 heteroatoms. The summed E-state index contributed by atoms with van der Waals surface area (Å²) < 4.78 is 0. The molecule has 0 unspecified atom stereocenters. The Morgan fingerprint density at radius 2 is 2.06 bits per heavy atom. The van der Waals surface area contributed by atoms with Gasteiger partial charge in [-0.25, -0.2) is 9.97 Å². The van der Waals surface area contributed by atoms with Crippen LogP contribution in [0.15, 0.2) is 17.6 Å². The first-order valence-corrected chi connectivity index (χ1v) is 12.9. The van der Waals surface area contributed by atoms with Gasteiger partial charge in [-0.05, 0) is 38.5 Å². The largest absolute Gasteiger partial charge is 0.387 e. The highest BCUT2D eigenvalue weighted by Gasteiger charge is 2.35. The SMILES string of the molecule is O=C(Nc1nccs1)[C@H]1CCCN1c1nc(Nc2cc(C3CCCC3)[nH]n2)c2c(n1)[C@H](O)CC2. The van der Waals surface area contributed by atoms with Gasteiger partial charge in [-0.3, -0.25) is 9.89 Å². The second-order valence-electron chi connectivity index (χ2n) is 9.28. The van der Waals surface area contributed by atoms with Gasteiger partial charge >= 0.3 is 0 Å². The molecule has 34 heavy (non-hydrogen) atoms. The standard InChI is InChI=1S/C23H28N8O2S/c32-17-8-7-14-19(17)26-22(31-10-3-6-16(31)21(33)28-23-24-9-11-34-23)27-20(14)25-18-12-15(29-30-18)13-4-1-2-5-13/h9,11-13,16-17,32H,1-8,10H2,(H,24,28,33)(H2,25,26,27,29,30)/t16-,17-/m1/s1. The molecule has 2 fully saturated rings. The van der Waals surface area contributed by atoms with E-state index in [0.29, 0.717) is 54.3 Å². The predicted octanol–water partition coefficient (Wildman–Crippen LogP) is 3.64. The molecular weight excluding hydrogens is 452 g/mol. The number of aliphatic hydroxyl groups is 1. The lowest BCUT2D eigenvalue weighted by atomic mass is 10.0. The zero-order valence-corrected chi connectivity index (χ0v) is 19.6. The number of hydrogen-bond donors (Lipinski definition) is 4. The Hall–Kier alpha value is -3.05. The number of aromatic nitrogens is 5. The number of nitrogens with zero attached hydrogens (tertiary/aromatic N) is 5. The Kier molecular flexibility index (Phi) is 5.66. The fourth-order valence-electron chi connectivity index (χ4n) is 5.38. The van der Waals surface area contributed by atoms with Crippen molar-refractivity contribution in [3.05, 3.63) is 34.6 Å². The van der Waals surface area contributed by atoms with Gasteiger partial charge in [0.1, 0.15) is 11.9 Å². The third-order valence-corrected chi connectivity index (χ3v) is 7.81. The normalized spacial score (nSPS) is 22.3. The Morgan fingerprint density at radius 1 is 1.18 bits per heavy atom. The molecule has 6 rings (SSSR count). The molecule has 0 spiro atoms. The molecule has 3 aromatic heterocycles. The van der Waals surface area contributed by atoms with Crippen molar-refractivity contribution in [2.75, 3.05) is 22.1 Å². The Bertz CT molecular complexity index is 1170. The Balaban J connectivity index is 1.28. The summed E-state index contributed by atoms with van der Waals surface area (Å²) in [6, 6.07) is 1.68. The fourth-order valence-corrected chi connectivity index (χ4v) is 5.91. The monoisotopic (exact) mass is 480 g/mol. The quantitative estimate of drug-likeness (QED) is 0.420. The number of fused-ring (bicyclic) bond motifs is 1. The van der Waals surface area contributed by atoms with Crippen LogP contribution in [0.3, 0.4) is 0 Å². The van der Waals surface area contributed by atoms with Crippen molar-refractivity contribution in [3.63, 3.8) is 0 Å². The smallest absolute Gasteiger partial charge is 0.248 e. The van der Waals surface area contributed by atoms with Gasteiger partial charge in [0.05, 0.1) is 11.8 Å². The van der Waals surface area contributed by atoms with Crippen molar-refractivity contribution >= 4 is 40.0 Å². The summed E-state index contributed by atoms with van der Waals surface area (Å²) in [7, 11) is 0. The summed E-state index contributed by atoms with van der Waals surface area (Å²) in [6.45, 7) is 0.679. The molecule has 1 amide bonds. The van der Waals surface area contributed by atoms with E-state index in [1.165, 1.54) is 37.0 Å². The summed E-state index contributed by atoms with van der Waals surface area (Å²) in [4.78, 5) is 28.6. The Morgan fingerprint density at radius 3 is 2.88 bits per heavy atom. The van der Waals surface area contributed by atoms with Gasteiger partial charge < -0.3 is 20.6 Å². The molecule has 4 N–H and O–H groups in total. The van der Waals surface area contributed by atoms with E-state index in [9.17, 15) is 9.90 Å². The lowest BCUT2D eigenvalue weighted by molar-refractivity contribution is -0.117. The van der Waals surface area contributed by atoms with E-state index in [1.54, 1.807) is 6.20 Å². The van der Waals surface area contributed by atoms with Gasteiger partial charge in [-0.15, -0.1) is 11.3 Å². The molecule has 10 nitrogen and oxygen atoms in total. The van der Waals surface area contributed by atoms with Crippen molar-refractivity contribution in [3.8, 4) is 0 Å². The molecule has 0 bridgehead atoms. The van der Waals surface area contributed by atoms with E-state index in [4.69, 9.17) is 9.97 Å². The van der Waals surface area contributed by atoms with Crippen molar-refractivity contribution in [2.45, 2.75) is 69.4 Å². The fraction of sp³-hybridized carbons (Fsp3) is 0.522. The maximum atomic E-state index is 13.0. The number of anilines is 4. The number of thiazole rings is 1. The lowest BCUT2D eigenvalue weighted by Crippen LogP contribution is -2.40. The second kappa shape index (κ2) is 8.95. The number of hydrogen-bond acceptors (Lipinski definition) is 9. The third kappa shape index (κ3) is 4.03. The number of aliphatic hydroxyl groups excluding tert-OH is 1. The van der Waals surface area contributed by atoms with E-state index in [-0.39, 0.29) is 11.9 Å². The predicted molar refractivity (Wildman–Crippen MR) is 130 cm³/mol. The van der Waals surface area contributed by atoms with Crippen LogP contribution >= 0.6 is 11.3 Å². The van der Waals surface area contributed by atoms with Crippen LogP contribution in [0.25, 0.3) is 0 Å². The summed E-state index contributed by atoms with van der Waals surface area (Å²) in [5, 5.41) is 26.9. The van der Waals surface area contributed by atoms with Gasteiger partial charge in [0, 0.05) is 41.4 Å². The third-order valence-electron chi connectivity index (χ3n) is 7.12. The van der Waals surface area contributed by atoms with Gasteiger partial charge in [0.25, 0.3) is 0 Å². The van der Waals surface area contributed by atoms with Crippen LogP contribution in [0, 0.1) is 0 Å². The highest BCUT2D eigenvalue weighted by Crippen LogP contribution is 2.38. The molecule has 4 heterocycles. The molecule has 0 radical (unpaired) electrons. The molecule has 2 aliphatic carbocycles. The number of carbonyl (C=O) groups excluding carboxylic acids is 1. The molecule has 0 aromatic carbocycles. The van der Waals surface area contributed by atoms with Crippen molar-refractivity contribution < 1.29 is 9.90 Å². The van der Waals surface area contributed by atoms with Crippen LogP contribution in [0.2, 0.25) is 0 Å². The average molecular weight is 481 g/mol. The van der Waals surface area contributed by atoms with Gasteiger partial charge in [-0.1, -0.05) is 12.8 Å². The first kappa shape index (κ1) is 21.5. The number of nitrogens with one attached hydrogen (secondary N) is 3. The van der Waals surface area contributed by atoms with Crippen molar-refractivity contribution in [2.24, 2.45) is 0 Å². The van der Waals surface area contributed by atoms with Crippen LogP contribution in [-0.2, 0) is 11.2 Å². The van der Waals surface area contributed by atoms with E-state index < -0.39 is 6.10 Å². The zero-order chi connectivity index (χ0) is 23.1. The minimum Gasteiger partial charge on any atom is -0.387 e. The lowest BCUT2D eigenvalue weighted by Gasteiger charge is -2.25. The number of rotatable bonds is 6. The summed E-state index contributed by atoms with van der Waals surface area (Å²) in [5.74, 6) is 2.27. The molecule has 178 valence electrons. The molecular formula is C23H28N8O2S.